The average molecular weight is 455 g/mol. The maximum atomic E-state index is 14.9. The smallest absolute Gasteiger partial charge is 0.313 e. The summed E-state index contributed by atoms with van der Waals surface area (Å²) < 4.78 is 38.8. The Balaban J connectivity index is 1.28. The van der Waals surface area contributed by atoms with Gasteiger partial charge in [0.1, 0.15) is 16.9 Å². The third-order valence-electron chi connectivity index (χ3n) is 8.05. The van der Waals surface area contributed by atoms with Crippen LogP contribution in [0.1, 0.15) is 51.9 Å². The summed E-state index contributed by atoms with van der Waals surface area (Å²) in [7, 11) is 1.32. The van der Waals surface area contributed by atoms with E-state index in [0.29, 0.717) is 30.6 Å². The maximum absolute atomic E-state index is 14.9. The van der Waals surface area contributed by atoms with Gasteiger partial charge in [0.05, 0.1) is 18.7 Å². The lowest BCUT2D eigenvalue weighted by molar-refractivity contribution is -0.145. The Labute approximate surface area is 185 Å². The quantitative estimate of drug-likeness (QED) is 0.441. The van der Waals surface area contributed by atoms with E-state index in [-0.39, 0.29) is 21.3 Å². The minimum Gasteiger partial charge on any atom is -0.611 e. The molecule has 5 rings (SSSR count). The molecule has 0 aromatic heterocycles. The molecule has 1 aromatic carbocycles. The second-order valence-electron chi connectivity index (χ2n) is 10.2. The van der Waals surface area contributed by atoms with Crippen molar-refractivity contribution in [2.75, 3.05) is 13.7 Å². The zero-order valence-electron chi connectivity index (χ0n) is 17.4. The molecule has 0 aliphatic heterocycles. The van der Waals surface area contributed by atoms with Crippen LogP contribution in [0.3, 0.4) is 0 Å². The number of benzene rings is 1. The molecule has 0 amide bonds. The van der Waals surface area contributed by atoms with Crippen molar-refractivity contribution in [1.29, 1.82) is 0 Å². The molecule has 4 aliphatic carbocycles. The monoisotopic (exact) mass is 454 g/mol. The lowest BCUT2D eigenvalue weighted by Gasteiger charge is -2.33. The fourth-order valence-corrected chi connectivity index (χ4v) is 8.31. The van der Waals surface area contributed by atoms with Crippen molar-refractivity contribution >= 4 is 28.7 Å². The van der Waals surface area contributed by atoms with Crippen molar-refractivity contribution < 1.29 is 23.2 Å². The Hall–Kier alpha value is -0.980. The van der Waals surface area contributed by atoms with Gasteiger partial charge in [0.15, 0.2) is 10.7 Å². The fraction of sp³-hybridized carbons (Fsp3) is 0.696. The Morgan fingerprint density at radius 2 is 1.97 bits per heavy atom. The molecule has 5 unspecified atom stereocenters. The molecule has 1 spiro atoms. The number of esters is 1. The molecule has 4 aliphatic rings. The van der Waals surface area contributed by atoms with E-state index in [1.54, 1.807) is 0 Å². The number of carbonyl (C=O) groups excluding carboxylic acids is 1. The van der Waals surface area contributed by atoms with Crippen molar-refractivity contribution in [3.63, 3.8) is 0 Å². The molecule has 7 heteroatoms. The molecule has 0 radical (unpaired) electrons. The van der Waals surface area contributed by atoms with Gasteiger partial charge in [0.2, 0.25) is 0 Å². The Morgan fingerprint density at radius 1 is 1.27 bits per heavy atom. The normalized spacial score (nSPS) is 39.6. The lowest BCUT2D eigenvalue weighted by Crippen LogP contribution is -2.32. The second kappa shape index (κ2) is 7.28. The summed E-state index contributed by atoms with van der Waals surface area (Å²) in [4.78, 5) is 12.0. The van der Waals surface area contributed by atoms with Crippen LogP contribution in [0.4, 0.5) is 4.39 Å². The first-order valence-corrected chi connectivity index (χ1v) is 12.5. The first-order valence-electron chi connectivity index (χ1n) is 10.9. The van der Waals surface area contributed by atoms with Crippen molar-refractivity contribution in [2.24, 2.45) is 28.6 Å². The SMILES string of the molecule is COC(=O)C1CCCC1[S+]([O-])c1cc(Cl)c(OCC2(C)C[C@@H]3CC34C[C@@H]4C2)cc1F. The molecule has 0 heterocycles. The van der Waals surface area contributed by atoms with Crippen LogP contribution in [0.15, 0.2) is 17.0 Å². The third-order valence-corrected chi connectivity index (χ3v) is 10.2. The zero-order valence-corrected chi connectivity index (χ0v) is 19.0. The fourth-order valence-electron chi connectivity index (χ4n) is 6.28. The molecule has 7 atom stereocenters. The van der Waals surface area contributed by atoms with Gasteiger partial charge in [-0.15, -0.1) is 0 Å². The highest BCUT2D eigenvalue weighted by Crippen LogP contribution is 2.81. The molecular weight excluding hydrogens is 427 g/mol. The van der Waals surface area contributed by atoms with Crippen molar-refractivity contribution in [3.05, 3.63) is 23.0 Å². The van der Waals surface area contributed by atoms with E-state index in [4.69, 9.17) is 21.1 Å². The van der Waals surface area contributed by atoms with E-state index in [0.717, 1.165) is 18.3 Å². The summed E-state index contributed by atoms with van der Waals surface area (Å²) in [6.45, 7) is 2.78. The number of methoxy groups -OCH3 is 1. The van der Waals surface area contributed by atoms with Crippen LogP contribution >= 0.6 is 11.6 Å². The summed E-state index contributed by atoms with van der Waals surface area (Å²) >= 11 is 4.72. The lowest BCUT2D eigenvalue weighted by atomic mass is 9.76. The van der Waals surface area contributed by atoms with Gasteiger partial charge in [-0.05, 0) is 73.4 Å². The van der Waals surface area contributed by atoms with E-state index in [1.165, 1.54) is 44.9 Å². The summed E-state index contributed by atoms with van der Waals surface area (Å²) in [5.41, 5.74) is 0.794. The van der Waals surface area contributed by atoms with Crippen molar-refractivity contribution in [3.8, 4) is 5.75 Å². The molecule has 0 N–H and O–H groups in total. The third kappa shape index (κ3) is 3.43. The van der Waals surface area contributed by atoms with Crippen LogP contribution < -0.4 is 4.74 Å². The molecule has 164 valence electrons. The van der Waals surface area contributed by atoms with E-state index in [1.807, 2.05) is 0 Å². The number of ether oxygens (including phenoxy) is 2. The standard InChI is InChI=1S/C23H28ClFO4S/c1-22(8-13-10-23(13)11-14(23)9-22)12-29-18-7-17(25)20(6-16(18)24)30(27)19-5-3-4-15(19)21(26)28-2/h6-7,13-15,19H,3-5,8-12H2,1-2H3/t13-,14+,15?,19?,22?,23?,30?. The van der Waals surface area contributed by atoms with Gasteiger partial charge in [-0.25, -0.2) is 4.39 Å². The van der Waals surface area contributed by atoms with Crippen LogP contribution in [0, 0.1) is 34.4 Å². The molecule has 30 heavy (non-hydrogen) atoms. The maximum Gasteiger partial charge on any atom is 0.313 e. The molecule has 0 saturated heterocycles. The molecule has 0 bridgehead atoms. The van der Waals surface area contributed by atoms with E-state index in [9.17, 15) is 13.7 Å². The minimum atomic E-state index is -1.67. The zero-order chi connectivity index (χ0) is 21.3. The van der Waals surface area contributed by atoms with Crippen LogP contribution in [0.2, 0.25) is 5.02 Å². The van der Waals surface area contributed by atoms with Crippen LogP contribution in [0.5, 0.6) is 5.75 Å². The van der Waals surface area contributed by atoms with Gasteiger partial charge >= 0.3 is 5.97 Å². The number of hydrogen-bond donors (Lipinski definition) is 0. The highest BCUT2D eigenvalue weighted by atomic mass is 35.5. The Kier molecular flexibility index (Phi) is 5.07. The summed E-state index contributed by atoms with van der Waals surface area (Å²) in [6, 6.07) is 2.66. The highest BCUT2D eigenvalue weighted by Gasteiger charge is 2.73. The van der Waals surface area contributed by atoms with Gasteiger partial charge in [-0.2, -0.15) is 0 Å². The second-order valence-corrected chi connectivity index (χ2v) is 12.2. The van der Waals surface area contributed by atoms with Gasteiger partial charge < -0.3 is 14.0 Å². The topological polar surface area (TPSA) is 58.6 Å². The number of rotatable bonds is 6. The molecule has 4 fully saturated rings. The van der Waals surface area contributed by atoms with E-state index < -0.39 is 28.2 Å². The molecular formula is C23H28ClFO4S. The number of hydrogen-bond acceptors (Lipinski definition) is 4. The van der Waals surface area contributed by atoms with Crippen LogP contribution in [-0.4, -0.2) is 29.5 Å². The van der Waals surface area contributed by atoms with Crippen LogP contribution in [-0.2, 0) is 20.7 Å². The Bertz CT molecular complexity index is 859. The predicted molar refractivity (Wildman–Crippen MR) is 112 cm³/mol. The summed E-state index contributed by atoms with van der Waals surface area (Å²) in [5, 5.41) is -0.188. The molecule has 4 saturated carbocycles. The van der Waals surface area contributed by atoms with Gasteiger partial charge in [0, 0.05) is 17.5 Å². The first-order chi connectivity index (χ1) is 14.3. The van der Waals surface area contributed by atoms with Gasteiger partial charge in [-0.3, -0.25) is 4.79 Å². The summed E-state index contributed by atoms with van der Waals surface area (Å²) in [5.74, 6) is 0.546. The predicted octanol–water partition coefficient (Wildman–Crippen LogP) is 5.13. The molecule has 1 aromatic rings. The number of halogens is 2. The van der Waals surface area contributed by atoms with Gasteiger partial charge in [-0.1, -0.05) is 18.5 Å². The van der Waals surface area contributed by atoms with Crippen molar-refractivity contribution in [1.82, 2.24) is 0 Å². The summed E-state index contributed by atoms with van der Waals surface area (Å²) in [6.07, 6.45) is 7.07. The molecule has 4 nitrogen and oxygen atoms in total. The average Bonchev–Trinajstić information content (AvgIpc) is 3.51. The highest BCUT2D eigenvalue weighted by molar-refractivity contribution is 7.92. The van der Waals surface area contributed by atoms with Crippen molar-refractivity contribution in [2.45, 2.75) is 62.0 Å². The van der Waals surface area contributed by atoms with Gasteiger partial charge in [0.25, 0.3) is 0 Å². The number of carbonyl (C=O) groups is 1. The van der Waals surface area contributed by atoms with E-state index >= 15 is 0 Å². The minimum absolute atomic E-state index is 0.0396. The first kappa shape index (κ1) is 20.9. The largest absolute Gasteiger partial charge is 0.611 e. The Morgan fingerprint density at radius 3 is 2.63 bits per heavy atom. The van der Waals surface area contributed by atoms with Crippen LogP contribution in [0.25, 0.3) is 0 Å². The van der Waals surface area contributed by atoms with E-state index in [2.05, 4.69) is 6.92 Å².